The van der Waals surface area contributed by atoms with Gasteiger partial charge in [0, 0.05) is 13.0 Å². The number of ether oxygens (including phenoxy) is 1. The van der Waals surface area contributed by atoms with Crippen molar-refractivity contribution in [3.05, 3.63) is 59.7 Å². The number of hydrogen-bond acceptors (Lipinski definition) is 4. The Balaban J connectivity index is 2.34. The van der Waals surface area contributed by atoms with Gasteiger partial charge in [-0.1, -0.05) is 76.1 Å². The lowest BCUT2D eigenvalue weighted by atomic mass is 9.95. The summed E-state index contributed by atoms with van der Waals surface area (Å²) in [4.78, 5) is 27.3. The molecule has 2 rings (SSSR count). The molecule has 31 heavy (non-hydrogen) atoms. The quantitative estimate of drug-likeness (QED) is 0.487. The number of nitriles is 1. The Kier molecular flexibility index (Phi) is 9.27. The molecule has 5 nitrogen and oxygen atoms in total. The Labute approximate surface area is 185 Å². The molecule has 0 aliphatic rings. The molecule has 1 amide bonds. The van der Waals surface area contributed by atoms with E-state index in [0.717, 1.165) is 36.0 Å². The second-order valence-electron chi connectivity index (χ2n) is 7.83. The van der Waals surface area contributed by atoms with Crippen molar-refractivity contribution in [1.29, 1.82) is 5.26 Å². The molecule has 0 aliphatic heterocycles. The Bertz CT molecular complexity index is 915. The van der Waals surface area contributed by atoms with Crippen LogP contribution in [0.25, 0.3) is 11.1 Å². The SMILES string of the molecule is CCCCC(=O)N(Cc1ccc(-c2ccccc2C#N)cc1)[C@H](C(=O)OC)C(C)CC. The van der Waals surface area contributed by atoms with Crippen LogP contribution in [0.4, 0.5) is 0 Å². The van der Waals surface area contributed by atoms with Crippen molar-refractivity contribution in [3.8, 4) is 17.2 Å². The van der Waals surface area contributed by atoms with Crippen LogP contribution in [0.5, 0.6) is 0 Å². The van der Waals surface area contributed by atoms with E-state index >= 15 is 0 Å². The van der Waals surface area contributed by atoms with E-state index in [1.165, 1.54) is 7.11 Å². The Morgan fingerprint density at radius 2 is 1.77 bits per heavy atom. The van der Waals surface area contributed by atoms with Gasteiger partial charge in [0.15, 0.2) is 0 Å². The summed E-state index contributed by atoms with van der Waals surface area (Å²) < 4.78 is 5.05. The van der Waals surface area contributed by atoms with Crippen LogP contribution in [0.1, 0.15) is 57.6 Å². The molecule has 0 radical (unpaired) electrons. The van der Waals surface area contributed by atoms with Crippen molar-refractivity contribution in [1.82, 2.24) is 4.90 Å². The summed E-state index contributed by atoms with van der Waals surface area (Å²) in [6.07, 6.45) is 2.88. The highest BCUT2D eigenvalue weighted by Crippen LogP contribution is 2.25. The molecule has 5 heteroatoms. The summed E-state index contributed by atoms with van der Waals surface area (Å²) >= 11 is 0. The van der Waals surface area contributed by atoms with Gasteiger partial charge in [0.25, 0.3) is 0 Å². The van der Waals surface area contributed by atoms with Gasteiger partial charge in [0.2, 0.25) is 5.91 Å². The fraction of sp³-hybridized carbons (Fsp3) is 0.423. The molecule has 0 aromatic heterocycles. The maximum Gasteiger partial charge on any atom is 0.328 e. The first-order valence-corrected chi connectivity index (χ1v) is 10.9. The lowest BCUT2D eigenvalue weighted by Crippen LogP contribution is -2.48. The highest BCUT2D eigenvalue weighted by atomic mass is 16.5. The van der Waals surface area contributed by atoms with Gasteiger partial charge in [-0.25, -0.2) is 4.79 Å². The summed E-state index contributed by atoms with van der Waals surface area (Å²) in [5, 5.41) is 9.36. The molecule has 0 bridgehead atoms. The maximum atomic E-state index is 13.0. The highest BCUT2D eigenvalue weighted by Gasteiger charge is 2.34. The van der Waals surface area contributed by atoms with Gasteiger partial charge in [-0.05, 0) is 35.1 Å². The summed E-state index contributed by atoms with van der Waals surface area (Å²) in [7, 11) is 1.37. The highest BCUT2D eigenvalue weighted by molar-refractivity contribution is 5.84. The molecule has 0 heterocycles. The summed E-state index contributed by atoms with van der Waals surface area (Å²) in [6.45, 7) is 6.37. The van der Waals surface area contributed by atoms with Crippen molar-refractivity contribution in [2.75, 3.05) is 7.11 Å². The molecule has 2 aromatic rings. The fourth-order valence-corrected chi connectivity index (χ4v) is 3.64. The van der Waals surface area contributed by atoms with Gasteiger partial charge in [-0.2, -0.15) is 5.26 Å². The molecular formula is C26H32N2O3. The van der Waals surface area contributed by atoms with Crippen LogP contribution in [0.2, 0.25) is 0 Å². The largest absolute Gasteiger partial charge is 0.467 e. The predicted octanol–water partition coefficient (Wildman–Crippen LogP) is 5.33. The minimum Gasteiger partial charge on any atom is -0.467 e. The smallest absolute Gasteiger partial charge is 0.328 e. The van der Waals surface area contributed by atoms with Crippen molar-refractivity contribution in [2.24, 2.45) is 5.92 Å². The number of methoxy groups -OCH3 is 1. The normalized spacial score (nSPS) is 12.5. The monoisotopic (exact) mass is 420 g/mol. The van der Waals surface area contributed by atoms with Crippen LogP contribution in [0, 0.1) is 17.2 Å². The van der Waals surface area contributed by atoms with Gasteiger partial charge < -0.3 is 9.64 Å². The molecule has 0 fully saturated rings. The minimum atomic E-state index is -0.613. The Hall–Kier alpha value is -3.13. The third-order valence-corrected chi connectivity index (χ3v) is 5.69. The average molecular weight is 421 g/mol. The van der Waals surface area contributed by atoms with Crippen LogP contribution in [0.3, 0.4) is 0 Å². The molecule has 164 valence electrons. The maximum absolute atomic E-state index is 13.0. The molecular weight excluding hydrogens is 388 g/mol. The minimum absolute atomic E-state index is 0.0141. The predicted molar refractivity (Wildman–Crippen MR) is 122 cm³/mol. The van der Waals surface area contributed by atoms with Crippen LogP contribution in [-0.2, 0) is 20.9 Å². The van der Waals surface area contributed by atoms with Gasteiger partial charge in [0.1, 0.15) is 6.04 Å². The number of carbonyl (C=O) groups excluding carboxylic acids is 2. The average Bonchev–Trinajstić information content (AvgIpc) is 2.81. The summed E-state index contributed by atoms with van der Waals surface area (Å²) in [5.41, 5.74) is 3.37. The number of unbranched alkanes of at least 4 members (excludes halogenated alkanes) is 1. The van der Waals surface area contributed by atoms with Crippen molar-refractivity contribution < 1.29 is 14.3 Å². The van der Waals surface area contributed by atoms with E-state index < -0.39 is 6.04 Å². The number of amides is 1. The number of esters is 1. The zero-order valence-electron chi connectivity index (χ0n) is 18.9. The van der Waals surface area contributed by atoms with Gasteiger partial charge in [-0.15, -0.1) is 0 Å². The number of nitrogens with zero attached hydrogens (tertiary/aromatic N) is 2. The first kappa shape index (κ1) is 24.1. The molecule has 0 aliphatic carbocycles. The first-order valence-electron chi connectivity index (χ1n) is 10.9. The van der Waals surface area contributed by atoms with E-state index in [2.05, 4.69) is 6.07 Å². The summed E-state index contributed by atoms with van der Waals surface area (Å²) in [6, 6.07) is 16.9. The fourth-order valence-electron chi connectivity index (χ4n) is 3.64. The number of carbonyl (C=O) groups is 2. The van der Waals surface area contributed by atoms with E-state index in [0.29, 0.717) is 18.5 Å². The molecule has 2 atom stereocenters. The van der Waals surface area contributed by atoms with Crippen molar-refractivity contribution >= 4 is 11.9 Å². The standard InChI is InChI=1S/C26H32N2O3/c1-5-7-12-24(29)28(25(19(3)6-2)26(30)31-4)18-20-13-15-21(16-14-20)23-11-9-8-10-22(23)17-27/h8-11,13-16,19,25H,5-7,12,18H2,1-4H3/t19?,25-/m0/s1. The third kappa shape index (κ3) is 6.18. The van der Waals surface area contributed by atoms with Crippen LogP contribution in [0.15, 0.2) is 48.5 Å². The van der Waals surface area contributed by atoms with E-state index in [-0.39, 0.29) is 17.8 Å². The van der Waals surface area contributed by atoms with E-state index in [1.54, 1.807) is 11.0 Å². The Morgan fingerprint density at radius 1 is 1.10 bits per heavy atom. The van der Waals surface area contributed by atoms with Crippen molar-refractivity contribution in [3.63, 3.8) is 0 Å². The second-order valence-corrected chi connectivity index (χ2v) is 7.83. The lowest BCUT2D eigenvalue weighted by molar-refractivity contribution is -0.156. The molecule has 0 spiro atoms. The van der Waals surface area contributed by atoms with Gasteiger partial charge in [0.05, 0.1) is 18.7 Å². The van der Waals surface area contributed by atoms with E-state index in [9.17, 15) is 14.9 Å². The lowest BCUT2D eigenvalue weighted by Gasteiger charge is -2.33. The molecule has 1 unspecified atom stereocenters. The van der Waals surface area contributed by atoms with Crippen LogP contribution < -0.4 is 0 Å². The van der Waals surface area contributed by atoms with Crippen LogP contribution in [-0.4, -0.2) is 29.9 Å². The molecule has 0 saturated heterocycles. The zero-order chi connectivity index (χ0) is 22.8. The van der Waals surface area contributed by atoms with E-state index in [4.69, 9.17) is 4.74 Å². The van der Waals surface area contributed by atoms with Gasteiger partial charge >= 0.3 is 5.97 Å². The van der Waals surface area contributed by atoms with Gasteiger partial charge in [-0.3, -0.25) is 4.79 Å². The van der Waals surface area contributed by atoms with E-state index in [1.807, 2.05) is 63.2 Å². The zero-order valence-corrected chi connectivity index (χ0v) is 18.9. The second kappa shape index (κ2) is 11.9. The number of hydrogen-bond donors (Lipinski definition) is 0. The molecule has 0 N–H and O–H groups in total. The Morgan fingerprint density at radius 3 is 2.35 bits per heavy atom. The molecule has 2 aromatic carbocycles. The third-order valence-electron chi connectivity index (χ3n) is 5.69. The number of benzene rings is 2. The number of rotatable bonds is 10. The van der Waals surface area contributed by atoms with Crippen molar-refractivity contribution in [2.45, 2.75) is 59.0 Å². The van der Waals surface area contributed by atoms with Crippen LogP contribution >= 0.6 is 0 Å². The topological polar surface area (TPSA) is 70.4 Å². The first-order chi connectivity index (χ1) is 15.0. The molecule has 0 saturated carbocycles. The summed E-state index contributed by atoms with van der Waals surface area (Å²) in [5.74, 6) is -0.421.